The van der Waals surface area contributed by atoms with Crippen LogP contribution in [0.2, 0.25) is 0 Å². The van der Waals surface area contributed by atoms with Gasteiger partial charge in [0.05, 0.1) is 31.6 Å². The van der Waals surface area contributed by atoms with Gasteiger partial charge in [0.15, 0.2) is 0 Å². The first-order valence-electron chi connectivity index (χ1n) is 13.8. The number of carbonyl (C=O) groups is 1. The fourth-order valence-corrected chi connectivity index (χ4v) is 4.10. The van der Waals surface area contributed by atoms with Crippen molar-refractivity contribution in [3.63, 3.8) is 0 Å². The molecule has 1 amide bonds. The predicted octanol–water partition coefficient (Wildman–Crippen LogP) is 5.14. The smallest absolute Gasteiger partial charge is 0.407 e. The number of hydrogen-bond donors (Lipinski definition) is 4. The van der Waals surface area contributed by atoms with Gasteiger partial charge in [-0.15, -0.1) is 0 Å². The number of nitrogens with zero attached hydrogens (tertiary/aromatic N) is 1. The summed E-state index contributed by atoms with van der Waals surface area (Å²) in [5.74, 6) is 2.75. The van der Waals surface area contributed by atoms with Gasteiger partial charge in [0.1, 0.15) is 35.3 Å². The standard InChI is InChI=1S/C31H40N4O6/c1-31(2,3)41-30(37)34-15-14-33-24-16-25(35-29(32)23(24)17-36)28-26(39-18-20-8-9-20)6-5-7-27(28)40-19-21-10-12-22(38-4)13-11-21/h5-7,10-13,16,20,36H,8-9,14-15,17-19H2,1-4H3,(H,34,37)(H3,32,33,35). The van der Waals surface area contributed by atoms with Crippen molar-refractivity contribution in [2.24, 2.45) is 5.92 Å². The molecule has 10 heteroatoms. The predicted molar refractivity (Wildman–Crippen MR) is 158 cm³/mol. The molecule has 220 valence electrons. The number of nitrogen functional groups attached to an aromatic ring is 1. The summed E-state index contributed by atoms with van der Waals surface area (Å²) >= 11 is 0. The summed E-state index contributed by atoms with van der Waals surface area (Å²) in [5, 5.41) is 16.0. The zero-order chi connectivity index (χ0) is 29.4. The lowest BCUT2D eigenvalue weighted by Crippen LogP contribution is -2.35. The first kappa shape index (κ1) is 29.8. The molecule has 0 spiro atoms. The topological polar surface area (TPSA) is 137 Å². The summed E-state index contributed by atoms with van der Waals surface area (Å²) in [5.41, 5.74) is 8.98. The van der Waals surface area contributed by atoms with Crippen LogP contribution in [0.5, 0.6) is 17.2 Å². The maximum absolute atomic E-state index is 12.0. The van der Waals surface area contributed by atoms with Gasteiger partial charge in [0, 0.05) is 24.3 Å². The number of nitrogens with one attached hydrogen (secondary N) is 2. The van der Waals surface area contributed by atoms with Crippen LogP contribution >= 0.6 is 0 Å². The van der Waals surface area contributed by atoms with Gasteiger partial charge < -0.3 is 40.4 Å². The number of aliphatic hydroxyl groups excluding tert-OH is 1. The number of ether oxygens (including phenoxy) is 4. The van der Waals surface area contributed by atoms with E-state index in [1.54, 1.807) is 27.9 Å². The second kappa shape index (κ2) is 13.5. The number of nitrogens with two attached hydrogens (primary N) is 1. The molecule has 41 heavy (non-hydrogen) atoms. The number of benzene rings is 2. The third kappa shape index (κ3) is 8.65. The number of rotatable bonds is 13. The van der Waals surface area contributed by atoms with Gasteiger partial charge in [-0.1, -0.05) is 18.2 Å². The molecule has 2 aromatic carbocycles. The van der Waals surface area contributed by atoms with E-state index in [4.69, 9.17) is 24.7 Å². The average Bonchev–Trinajstić information content (AvgIpc) is 3.77. The van der Waals surface area contributed by atoms with Crippen molar-refractivity contribution in [2.75, 3.05) is 37.9 Å². The number of amides is 1. The van der Waals surface area contributed by atoms with Crippen LogP contribution in [0.4, 0.5) is 16.3 Å². The highest BCUT2D eigenvalue weighted by molar-refractivity contribution is 5.79. The molecule has 0 radical (unpaired) electrons. The van der Waals surface area contributed by atoms with Crippen molar-refractivity contribution < 1.29 is 28.8 Å². The lowest BCUT2D eigenvalue weighted by Gasteiger charge is -2.20. The molecule has 4 rings (SSSR count). The molecule has 1 aromatic heterocycles. The number of anilines is 2. The Morgan fingerprint density at radius 3 is 2.41 bits per heavy atom. The van der Waals surface area contributed by atoms with Crippen LogP contribution in [0.1, 0.15) is 44.7 Å². The van der Waals surface area contributed by atoms with Crippen molar-refractivity contribution in [3.8, 4) is 28.5 Å². The van der Waals surface area contributed by atoms with E-state index in [1.807, 2.05) is 48.5 Å². The Bertz CT molecular complexity index is 1320. The number of hydrogen-bond acceptors (Lipinski definition) is 9. The summed E-state index contributed by atoms with van der Waals surface area (Å²) in [6.45, 7) is 6.73. The molecular weight excluding hydrogens is 524 g/mol. The van der Waals surface area contributed by atoms with E-state index < -0.39 is 11.7 Å². The number of aliphatic hydroxyl groups is 1. The number of alkyl carbamates (subject to hydrolysis) is 1. The maximum Gasteiger partial charge on any atom is 0.407 e. The first-order valence-corrected chi connectivity index (χ1v) is 13.8. The quantitative estimate of drug-likeness (QED) is 0.208. The molecule has 0 unspecified atom stereocenters. The Labute approximate surface area is 241 Å². The zero-order valence-corrected chi connectivity index (χ0v) is 24.2. The highest BCUT2D eigenvalue weighted by Crippen LogP contribution is 2.41. The summed E-state index contributed by atoms with van der Waals surface area (Å²) in [7, 11) is 1.63. The van der Waals surface area contributed by atoms with Gasteiger partial charge in [0.2, 0.25) is 0 Å². The molecule has 0 bridgehead atoms. The Hall–Kier alpha value is -4.18. The molecule has 10 nitrogen and oxygen atoms in total. The largest absolute Gasteiger partial charge is 0.497 e. The van der Waals surface area contributed by atoms with Crippen LogP contribution in [-0.4, -0.2) is 48.6 Å². The number of methoxy groups -OCH3 is 1. The lowest BCUT2D eigenvalue weighted by atomic mass is 10.1. The molecule has 0 aliphatic heterocycles. The van der Waals surface area contributed by atoms with Crippen molar-refractivity contribution in [2.45, 2.75) is 52.4 Å². The van der Waals surface area contributed by atoms with Crippen molar-refractivity contribution in [1.29, 1.82) is 0 Å². The highest BCUT2D eigenvalue weighted by Gasteiger charge is 2.24. The van der Waals surface area contributed by atoms with Crippen molar-refractivity contribution in [1.82, 2.24) is 10.3 Å². The number of carbonyl (C=O) groups excluding carboxylic acids is 1. The minimum atomic E-state index is -0.585. The molecule has 1 aliphatic rings. The third-order valence-corrected chi connectivity index (χ3v) is 6.39. The summed E-state index contributed by atoms with van der Waals surface area (Å²) in [6.07, 6.45) is 1.81. The summed E-state index contributed by atoms with van der Waals surface area (Å²) in [4.78, 5) is 16.6. The fourth-order valence-electron chi connectivity index (χ4n) is 4.10. The first-order chi connectivity index (χ1) is 19.7. The molecular formula is C31H40N4O6. The van der Waals surface area contributed by atoms with Crippen molar-refractivity contribution in [3.05, 3.63) is 59.7 Å². The second-order valence-electron chi connectivity index (χ2n) is 11.0. The Morgan fingerprint density at radius 2 is 1.78 bits per heavy atom. The van der Waals surface area contributed by atoms with Crippen LogP contribution in [-0.2, 0) is 18.0 Å². The van der Waals surface area contributed by atoms with E-state index in [-0.39, 0.29) is 12.4 Å². The SMILES string of the molecule is COc1ccc(COc2cccc(OCC3CC3)c2-c2cc(NCCNC(=O)OC(C)(C)C)c(CO)c(N)n2)cc1. The summed E-state index contributed by atoms with van der Waals surface area (Å²) < 4.78 is 23.1. The molecule has 0 saturated heterocycles. The minimum Gasteiger partial charge on any atom is -0.497 e. The van der Waals surface area contributed by atoms with E-state index in [2.05, 4.69) is 15.6 Å². The molecule has 5 N–H and O–H groups in total. The molecule has 1 heterocycles. The number of aromatic nitrogens is 1. The van der Waals surface area contributed by atoms with E-state index in [9.17, 15) is 9.90 Å². The molecule has 1 fully saturated rings. The van der Waals surface area contributed by atoms with Gasteiger partial charge in [-0.2, -0.15) is 0 Å². The lowest BCUT2D eigenvalue weighted by molar-refractivity contribution is 0.0530. The van der Waals surface area contributed by atoms with Crippen LogP contribution in [0, 0.1) is 5.92 Å². The van der Waals surface area contributed by atoms with Crippen LogP contribution in [0.15, 0.2) is 48.5 Å². The maximum atomic E-state index is 12.0. The Balaban J connectivity index is 1.58. The minimum absolute atomic E-state index is 0.186. The number of pyridine rings is 1. The zero-order valence-electron chi connectivity index (χ0n) is 24.2. The van der Waals surface area contributed by atoms with Crippen molar-refractivity contribution >= 4 is 17.6 Å². The Kier molecular flexibility index (Phi) is 9.78. The van der Waals surface area contributed by atoms with Gasteiger partial charge in [-0.3, -0.25) is 0 Å². The van der Waals surface area contributed by atoms with Gasteiger partial charge in [-0.25, -0.2) is 9.78 Å². The van der Waals surface area contributed by atoms with E-state index >= 15 is 0 Å². The monoisotopic (exact) mass is 564 g/mol. The van der Waals surface area contributed by atoms with E-state index in [0.717, 1.165) is 24.2 Å². The van der Waals surface area contributed by atoms with Crippen LogP contribution in [0.3, 0.4) is 0 Å². The molecule has 0 atom stereocenters. The average molecular weight is 565 g/mol. The normalized spacial score (nSPS) is 12.9. The van der Waals surface area contributed by atoms with E-state index in [0.29, 0.717) is 66.2 Å². The van der Waals surface area contributed by atoms with Gasteiger partial charge >= 0.3 is 6.09 Å². The van der Waals surface area contributed by atoms with Gasteiger partial charge in [-0.05, 0) is 75.4 Å². The van der Waals surface area contributed by atoms with Gasteiger partial charge in [0.25, 0.3) is 0 Å². The Morgan fingerprint density at radius 1 is 1.07 bits per heavy atom. The molecule has 3 aromatic rings. The van der Waals surface area contributed by atoms with Crippen LogP contribution in [0.25, 0.3) is 11.3 Å². The third-order valence-electron chi connectivity index (χ3n) is 6.39. The van der Waals surface area contributed by atoms with E-state index in [1.165, 1.54) is 0 Å². The highest BCUT2D eigenvalue weighted by atomic mass is 16.6. The second-order valence-corrected chi connectivity index (χ2v) is 11.0. The van der Waals surface area contributed by atoms with Crippen LogP contribution < -0.4 is 30.6 Å². The molecule has 1 saturated carbocycles. The summed E-state index contributed by atoms with van der Waals surface area (Å²) in [6, 6.07) is 15.2. The fraction of sp³-hybridized carbons (Fsp3) is 0.419. The molecule has 1 aliphatic carbocycles.